The van der Waals surface area contributed by atoms with Crippen LogP contribution in [0.1, 0.15) is 32.6 Å². The molecule has 1 aliphatic carbocycles. The minimum atomic E-state index is -4.04. The van der Waals surface area contributed by atoms with Crippen molar-refractivity contribution in [2.24, 2.45) is 5.73 Å². The van der Waals surface area contributed by atoms with E-state index in [0.717, 1.165) is 25.0 Å². The smallest absolute Gasteiger partial charge is 0.243 e. The van der Waals surface area contributed by atoms with Crippen molar-refractivity contribution >= 4 is 33.2 Å². The van der Waals surface area contributed by atoms with E-state index in [4.69, 9.17) is 17.3 Å². The van der Waals surface area contributed by atoms with Crippen LogP contribution in [0.5, 0.6) is 0 Å². The molecular weight excluding hydrogens is 345 g/mol. The van der Waals surface area contributed by atoms with E-state index in [1.807, 2.05) is 0 Å². The van der Waals surface area contributed by atoms with E-state index >= 15 is 0 Å². The normalized spacial score (nSPS) is 21.9. The molecule has 0 spiro atoms. The molecule has 1 aromatic carbocycles. The summed E-state index contributed by atoms with van der Waals surface area (Å²) in [5, 5.41) is 2.29. The summed E-state index contributed by atoms with van der Waals surface area (Å²) in [6.45, 7) is 1.24. The number of nitrogens with two attached hydrogens (primary N) is 1. The Balaban J connectivity index is 2.22. The van der Waals surface area contributed by atoms with E-state index in [9.17, 15) is 17.6 Å². The lowest BCUT2D eigenvalue weighted by Crippen LogP contribution is -2.40. The van der Waals surface area contributed by atoms with E-state index in [1.54, 1.807) is 0 Å². The molecule has 0 saturated heterocycles. The van der Waals surface area contributed by atoms with Gasteiger partial charge in [-0.25, -0.2) is 17.5 Å². The van der Waals surface area contributed by atoms with E-state index in [0.29, 0.717) is 12.8 Å². The molecule has 23 heavy (non-hydrogen) atoms. The van der Waals surface area contributed by atoms with Crippen LogP contribution >= 0.6 is 11.6 Å². The van der Waals surface area contributed by atoms with Gasteiger partial charge in [0.1, 0.15) is 10.7 Å². The zero-order valence-electron chi connectivity index (χ0n) is 12.6. The summed E-state index contributed by atoms with van der Waals surface area (Å²) in [6, 6.07) is 1.71. The minimum Gasteiger partial charge on any atom is -0.328 e. The average molecular weight is 364 g/mol. The fourth-order valence-corrected chi connectivity index (χ4v) is 4.21. The fourth-order valence-electron chi connectivity index (χ4n) is 2.54. The second-order valence-electron chi connectivity index (χ2n) is 5.68. The van der Waals surface area contributed by atoms with Crippen LogP contribution in [0.25, 0.3) is 0 Å². The maximum Gasteiger partial charge on any atom is 0.243 e. The molecule has 0 aliphatic heterocycles. The van der Waals surface area contributed by atoms with Crippen molar-refractivity contribution in [3.05, 3.63) is 23.0 Å². The van der Waals surface area contributed by atoms with Crippen LogP contribution in [-0.4, -0.2) is 26.4 Å². The largest absolute Gasteiger partial charge is 0.328 e. The Morgan fingerprint density at radius 2 is 1.91 bits per heavy atom. The molecule has 6 nitrogen and oxygen atoms in total. The number of carbonyl (C=O) groups is 1. The SMILES string of the molecule is CC(=O)Nc1cc(F)c(S(=O)(=O)NC2CCC(N)CC2)cc1Cl. The summed E-state index contributed by atoms with van der Waals surface area (Å²) in [6.07, 6.45) is 2.66. The van der Waals surface area contributed by atoms with E-state index in [1.165, 1.54) is 6.92 Å². The van der Waals surface area contributed by atoms with Gasteiger partial charge in [-0.05, 0) is 31.7 Å². The Hall–Kier alpha value is -1.22. The second-order valence-corrected chi connectivity index (χ2v) is 7.77. The zero-order valence-corrected chi connectivity index (χ0v) is 14.2. The molecule has 0 aromatic heterocycles. The van der Waals surface area contributed by atoms with Crippen LogP contribution in [0, 0.1) is 5.82 Å². The molecule has 0 heterocycles. The van der Waals surface area contributed by atoms with Gasteiger partial charge in [-0.3, -0.25) is 4.79 Å². The van der Waals surface area contributed by atoms with Crippen LogP contribution in [0.4, 0.5) is 10.1 Å². The molecule has 9 heteroatoms. The van der Waals surface area contributed by atoms with Gasteiger partial charge in [0.05, 0.1) is 10.7 Å². The number of rotatable bonds is 4. The first-order valence-electron chi connectivity index (χ1n) is 7.23. The van der Waals surface area contributed by atoms with E-state index in [2.05, 4.69) is 10.0 Å². The minimum absolute atomic E-state index is 0.0271. The van der Waals surface area contributed by atoms with Gasteiger partial charge < -0.3 is 11.1 Å². The molecule has 0 bridgehead atoms. The number of benzene rings is 1. The summed E-state index contributed by atoms with van der Waals surface area (Å²) in [4.78, 5) is 10.5. The van der Waals surface area contributed by atoms with Crippen LogP contribution < -0.4 is 15.8 Å². The van der Waals surface area contributed by atoms with E-state index in [-0.39, 0.29) is 22.8 Å². The maximum absolute atomic E-state index is 14.1. The summed E-state index contributed by atoms with van der Waals surface area (Å²) < 4.78 is 41.4. The molecule has 128 valence electrons. The highest BCUT2D eigenvalue weighted by Crippen LogP contribution is 2.29. The first-order valence-corrected chi connectivity index (χ1v) is 9.09. The fraction of sp³-hybridized carbons (Fsp3) is 0.500. The molecule has 1 amide bonds. The van der Waals surface area contributed by atoms with Gasteiger partial charge in [0.2, 0.25) is 15.9 Å². The molecule has 1 fully saturated rings. The highest BCUT2D eigenvalue weighted by Gasteiger charge is 2.27. The monoisotopic (exact) mass is 363 g/mol. The second kappa shape index (κ2) is 7.12. The van der Waals surface area contributed by atoms with Crippen LogP contribution in [0.15, 0.2) is 17.0 Å². The average Bonchev–Trinajstić information content (AvgIpc) is 2.44. The molecule has 2 rings (SSSR count). The third kappa shape index (κ3) is 4.63. The van der Waals surface area contributed by atoms with E-state index < -0.39 is 26.6 Å². The number of carbonyl (C=O) groups excluding carboxylic acids is 1. The van der Waals surface area contributed by atoms with Crippen molar-refractivity contribution in [3.63, 3.8) is 0 Å². The van der Waals surface area contributed by atoms with Crippen LogP contribution in [-0.2, 0) is 14.8 Å². The lowest BCUT2D eigenvalue weighted by Gasteiger charge is -2.26. The van der Waals surface area contributed by atoms with Crippen LogP contribution in [0.3, 0.4) is 0 Å². The van der Waals surface area contributed by atoms with Crippen molar-refractivity contribution in [2.75, 3.05) is 5.32 Å². The Morgan fingerprint density at radius 1 is 1.30 bits per heavy atom. The van der Waals surface area contributed by atoms with Crippen molar-refractivity contribution in [1.82, 2.24) is 4.72 Å². The zero-order chi connectivity index (χ0) is 17.2. The molecule has 1 saturated carbocycles. The van der Waals surface area contributed by atoms with Gasteiger partial charge in [-0.2, -0.15) is 0 Å². The van der Waals surface area contributed by atoms with Crippen molar-refractivity contribution in [1.29, 1.82) is 0 Å². The topological polar surface area (TPSA) is 101 Å². The van der Waals surface area contributed by atoms with Gasteiger partial charge >= 0.3 is 0 Å². The van der Waals surface area contributed by atoms with Crippen molar-refractivity contribution < 1.29 is 17.6 Å². The summed E-state index contributed by atoms with van der Waals surface area (Å²) in [5.41, 5.74) is 5.81. The predicted molar refractivity (Wildman–Crippen MR) is 86.3 cm³/mol. The molecule has 1 aliphatic rings. The Kier molecular flexibility index (Phi) is 5.61. The molecule has 0 unspecified atom stereocenters. The summed E-state index contributed by atoms with van der Waals surface area (Å²) in [7, 11) is -4.04. The number of hydrogen-bond acceptors (Lipinski definition) is 4. The highest BCUT2D eigenvalue weighted by atomic mass is 35.5. The summed E-state index contributed by atoms with van der Waals surface area (Å²) >= 11 is 5.92. The quantitative estimate of drug-likeness (QED) is 0.761. The third-order valence-electron chi connectivity index (χ3n) is 3.72. The number of amides is 1. The molecule has 4 N–H and O–H groups in total. The Morgan fingerprint density at radius 3 is 2.48 bits per heavy atom. The lowest BCUT2D eigenvalue weighted by atomic mass is 9.93. The lowest BCUT2D eigenvalue weighted by molar-refractivity contribution is -0.114. The summed E-state index contributed by atoms with van der Waals surface area (Å²) in [5.74, 6) is -1.41. The predicted octanol–water partition coefficient (Wildman–Crippen LogP) is 1.99. The maximum atomic E-state index is 14.1. The third-order valence-corrected chi connectivity index (χ3v) is 5.56. The van der Waals surface area contributed by atoms with Gasteiger partial charge in [-0.1, -0.05) is 11.6 Å². The number of anilines is 1. The first-order chi connectivity index (χ1) is 10.7. The van der Waals surface area contributed by atoms with Gasteiger partial charge in [0, 0.05) is 25.1 Å². The molecular formula is C14H19ClFN3O3S. The van der Waals surface area contributed by atoms with Crippen LogP contribution in [0.2, 0.25) is 5.02 Å². The van der Waals surface area contributed by atoms with Gasteiger partial charge in [-0.15, -0.1) is 0 Å². The van der Waals surface area contributed by atoms with Gasteiger partial charge in [0.25, 0.3) is 0 Å². The molecule has 0 radical (unpaired) electrons. The van der Waals surface area contributed by atoms with Crippen molar-refractivity contribution in [3.8, 4) is 0 Å². The van der Waals surface area contributed by atoms with Crippen molar-refractivity contribution in [2.45, 2.75) is 49.6 Å². The first kappa shape index (κ1) is 18.1. The number of halogens is 2. The number of sulfonamides is 1. The standard InChI is InChI=1S/C14H19ClFN3O3S/c1-8(20)18-13-7-12(16)14(6-11(13)15)23(21,22)19-10-4-2-9(17)3-5-10/h6-7,9-10,19H,2-5,17H2,1H3,(H,18,20). The molecule has 0 atom stereocenters. The highest BCUT2D eigenvalue weighted by molar-refractivity contribution is 7.89. The van der Waals surface area contributed by atoms with Gasteiger partial charge in [0.15, 0.2) is 0 Å². The number of nitrogens with one attached hydrogen (secondary N) is 2. The Labute approximate surface area is 139 Å². The molecule has 1 aromatic rings. The number of hydrogen-bond donors (Lipinski definition) is 3. The Bertz CT molecular complexity index is 703.